The van der Waals surface area contributed by atoms with Crippen LogP contribution in [0.15, 0.2) is 36.4 Å². The quantitative estimate of drug-likeness (QED) is 0.937. The molecule has 1 atom stereocenters. The normalized spacial score (nSPS) is 11.8. The van der Waals surface area contributed by atoms with Crippen molar-refractivity contribution in [3.63, 3.8) is 0 Å². The number of ether oxygens (including phenoxy) is 1. The first kappa shape index (κ1) is 14.9. The SMILES string of the molecule is C[C@@H](O)c1ccc(OCc2cccc(C#N)c2F)cc1F. The Morgan fingerprint density at radius 3 is 2.67 bits per heavy atom. The average molecular weight is 289 g/mol. The molecule has 0 spiro atoms. The highest BCUT2D eigenvalue weighted by molar-refractivity contribution is 5.35. The van der Waals surface area contributed by atoms with Crippen molar-refractivity contribution < 1.29 is 18.6 Å². The van der Waals surface area contributed by atoms with Gasteiger partial charge in [0.25, 0.3) is 0 Å². The van der Waals surface area contributed by atoms with Crippen LogP contribution in [0.25, 0.3) is 0 Å². The van der Waals surface area contributed by atoms with E-state index in [0.29, 0.717) is 0 Å². The van der Waals surface area contributed by atoms with Crippen LogP contribution in [0.2, 0.25) is 0 Å². The molecule has 0 radical (unpaired) electrons. The van der Waals surface area contributed by atoms with Crippen LogP contribution in [0, 0.1) is 23.0 Å². The van der Waals surface area contributed by atoms with Crippen LogP contribution in [0.1, 0.15) is 29.7 Å². The molecule has 21 heavy (non-hydrogen) atoms. The van der Waals surface area contributed by atoms with E-state index >= 15 is 0 Å². The number of hydrogen-bond acceptors (Lipinski definition) is 3. The van der Waals surface area contributed by atoms with E-state index in [0.717, 1.165) is 6.07 Å². The second-order valence-electron chi connectivity index (χ2n) is 4.54. The number of aliphatic hydroxyl groups excluding tert-OH is 1. The van der Waals surface area contributed by atoms with E-state index in [9.17, 15) is 13.9 Å². The second-order valence-corrected chi connectivity index (χ2v) is 4.54. The van der Waals surface area contributed by atoms with Crippen molar-refractivity contribution in [1.29, 1.82) is 5.26 Å². The minimum absolute atomic E-state index is 0.0632. The molecule has 2 aromatic rings. The summed E-state index contributed by atoms with van der Waals surface area (Å²) in [6.07, 6.45) is -0.913. The van der Waals surface area contributed by atoms with Crippen molar-refractivity contribution in [3.05, 3.63) is 64.7 Å². The molecule has 0 unspecified atom stereocenters. The topological polar surface area (TPSA) is 53.2 Å². The van der Waals surface area contributed by atoms with Crippen molar-refractivity contribution >= 4 is 0 Å². The summed E-state index contributed by atoms with van der Waals surface area (Å²) in [5.74, 6) is -1.01. The van der Waals surface area contributed by atoms with Crippen LogP contribution in [-0.4, -0.2) is 5.11 Å². The third kappa shape index (κ3) is 3.36. The molecule has 108 valence electrons. The summed E-state index contributed by atoms with van der Waals surface area (Å²) in [4.78, 5) is 0. The fraction of sp³-hybridized carbons (Fsp3) is 0.188. The van der Waals surface area contributed by atoms with E-state index in [4.69, 9.17) is 10.00 Å². The fourth-order valence-corrected chi connectivity index (χ4v) is 1.88. The van der Waals surface area contributed by atoms with Crippen LogP contribution in [0.4, 0.5) is 8.78 Å². The minimum atomic E-state index is -0.913. The molecule has 0 aromatic heterocycles. The van der Waals surface area contributed by atoms with E-state index < -0.39 is 17.7 Å². The summed E-state index contributed by atoms with van der Waals surface area (Å²) < 4.78 is 32.8. The van der Waals surface area contributed by atoms with Crippen molar-refractivity contribution in [2.24, 2.45) is 0 Å². The lowest BCUT2D eigenvalue weighted by molar-refractivity contribution is 0.194. The predicted molar refractivity (Wildman–Crippen MR) is 72.5 cm³/mol. The number of nitrogens with zero attached hydrogens (tertiary/aromatic N) is 1. The highest BCUT2D eigenvalue weighted by Gasteiger charge is 2.11. The molecule has 0 bridgehead atoms. The van der Waals surface area contributed by atoms with Gasteiger partial charge in [-0.15, -0.1) is 0 Å². The van der Waals surface area contributed by atoms with E-state index in [-0.39, 0.29) is 29.0 Å². The largest absolute Gasteiger partial charge is 0.489 e. The second kappa shape index (κ2) is 6.33. The van der Waals surface area contributed by atoms with Gasteiger partial charge < -0.3 is 9.84 Å². The number of hydrogen-bond donors (Lipinski definition) is 1. The highest BCUT2D eigenvalue weighted by atomic mass is 19.1. The van der Waals surface area contributed by atoms with Crippen LogP contribution in [-0.2, 0) is 6.61 Å². The van der Waals surface area contributed by atoms with Gasteiger partial charge in [0, 0.05) is 17.2 Å². The molecule has 5 heteroatoms. The molecule has 0 aliphatic rings. The standard InChI is InChI=1S/C16H13F2NO2/c1-10(20)14-6-5-13(7-15(14)17)21-9-12-4-2-3-11(8-19)16(12)18/h2-7,10,20H,9H2,1H3/t10-/m1/s1. The predicted octanol–water partition coefficient (Wildman–Crippen LogP) is 3.47. The van der Waals surface area contributed by atoms with E-state index in [2.05, 4.69) is 0 Å². The minimum Gasteiger partial charge on any atom is -0.489 e. The number of rotatable bonds is 4. The molecule has 2 aromatic carbocycles. The fourth-order valence-electron chi connectivity index (χ4n) is 1.88. The van der Waals surface area contributed by atoms with Gasteiger partial charge in [-0.3, -0.25) is 0 Å². The molecule has 0 aliphatic heterocycles. The van der Waals surface area contributed by atoms with Gasteiger partial charge in [-0.1, -0.05) is 12.1 Å². The Bertz CT molecular complexity index is 693. The van der Waals surface area contributed by atoms with Gasteiger partial charge in [0.05, 0.1) is 11.7 Å². The van der Waals surface area contributed by atoms with Gasteiger partial charge in [0.1, 0.15) is 30.1 Å². The highest BCUT2D eigenvalue weighted by Crippen LogP contribution is 2.23. The molecule has 0 amide bonds. The van der Waals surface area contributed by atoms with Crippen LogP contribution in [0.3, 0.4) is 0 Å². The lowest BCUT2D eigenvalue weighted by atomic mass is 10.1. The first-order valence-corrected chi connectivity index (χ1v) is 6.30. The Hall–Kier alpha value is -2.45. The first-order valence-electron chi connectivity index (χ1n) is 6.30. The van der Waals surface area contributed by atoms with Gasteiger partial charge in [-0.05, 0) is 25.1 Å². The van der Waals surface area contributed by atoms with E-state index in [1.165, 1.54) is 31.2 Å². The zero-order chi connectivity index (χ0) is 15.4. The first-order chi connectivity index (χ1) is 10.0. The summed E-state index contributed by atoms with van der Waals surface area (Å²) in [6.45, 7) is 1.34. The maximum atomic E-state index is 13.8. The Morgan fingerprint density at radius 2 is 2.05 bits per heavy atom. The maximum absolute atomic E-state index is 13.8. The molecule has 0 saturated carbocycles. The lowest BCUT2D eigenvalue weighted by Gasteiger charge is -2.10. The molecule has 2 rings (SSSR count). The molecule has 3 nitrogen and oxygen atoms in total. The zero-order valence-electron chi connectivity index (χ0n) is 11.3. The molecular formula is C16H13F2NO2. The van der Waals surface area contributed by atoms with Crippen LogP contribution >= 0.6 is 0 Å². The van der Waals surface area contributed by atoms with Gasteiger partial charge in [0.15, 0.2) is 0 Å². The number of nitriles is 1. The lowest BCUT2D eigenvalue weighted by Crippen LogP contribution is -2.02. The smallest absolute Gasteiger partial charge is 0.147 e. The molecule has 0 aliphatic carbocycles. The Labute approximate surface area is 121 Å². The number of aliphatic hydroxyl groups is 1. The number of halogens is 2. The monoisotopic (exact) mass is 289 g/mol. The van der Waals surface area contributed by atoms with Gasteiger partial charge in [-0.2, -0.15) is 5.26 Å². The van der Waals surface area contributed by atoms with Gasteiger partial charge in [0.2, 0.25) is 0 Å². The molecular weight excluding hydrogens is 276 g/mol. The molecule has 0 fully saturated rings. The van der Waals surface area contributed by atoms with E-state index in [1.807, 2.05) is 0 Å². The summed E-state index contributed by atoms with van der Waals surface area (Å²) in [5, 5.41) is 18.1. The number of benzene rings is 2. The van der Waals surface area contributed by atoms with Crippen molar-refractivity contribution in [2.45, 2.75) is 19.6 Å². The summed E-state index contributed by atoms with van der Waals surface area (Å²) in [7, 11) is 0. The Kier molecular flexibility index (Phi) is 4.51. The van der Waals surface area contributed by atoms with Crippen LogP contribution in [0.5, 0.6) is 5.75 Å². The maximum Gasteiger partial charge on any atom is 0.147 e. The third-order valence-electron chi connectivity index (χ3n) is 3.02. The van der Waals surface area contributed by atoms with Crippen molar-refractivity contribution in [1.82, 2.24) is 0 Å². The zero-order valence-corrected chi connectivity index (χ0v) is 11.3. The Balaban J connectivity index is 2.14. The molecule has 0 heterocycles. The summed E-state index contributed by atoms with van der Waals surface area (Å²) >= 11 is 0. The summed E-state index contributed by atoms with van der Waals surface area (Å²) in [6, 6.07) is 10.2. The van der Waals surface area contributed by atoms with Crippen molar-refractivity contribution in [3.8, 4) is 11.8 Å². The van der Waals surface area contributed by atoms with E-state index in [1.54, 1.807) is 12.1 Å². The van der Waals surface area contributed by atoms with Crippen LogP contribution < -0.4 is 4.74 Å². The van der Waals surface area contributed by atoms with Crippen molar-refractivity contribution in [2.75, 3.05) is 0 Å². The van der Waals surface area contributed by atoms with Gasteiger partial charge in [-0.25, -0.2) is 8.78 Å². The molecule has 0 saturated heterocycles. The van der Waals surface area contributed by atoms with Gasteiger partial charge >= 0.3 is 0 Å². The Morgan fingerprint density at radius 1 is 1.29 bits per heavy atom. The third-order valence-corrected chi connectivity index (χ3v) is 3.02. The summed E-state index contributed by atoms with van der Waals surface area (Å²) in [5.41, 5.74) is 0.320. The molecule has 1 N–H and O–H groups in total. The average Bonchev–Trinajstić information content (AvgIpc) is 2.46.